The van der Waals surface area contributed by atoms with E-state index in [1.54, 1.807) is 0 Å². The second-order valence-corrected chi connectivity index (χ2v) is 34.0. The summed E-state index contributed by atoms with van der Waals surface area (Å²) in [5.41, 5.74) is 69.3. The van der Waals surface area contributed by atoms with Crippen molar-refractivity contribution in [1.82, 2.24) is 69.8 Å². The molecule has 14 nitrogen and oxygen atoms in total. The molecular weight excluding hydrogens is 1450 g/mol. The van der Waals surface area contributed by atoms with Crippen molar-refractivity contribution < 1.29 is 0 Å². The minimum Gasteiger partial charge on any atom is -0.261 e. The molecule has 0 fully saturated rings. The molecule has 14 heterocycles. The zero-order chi connectivity index (χ0) is 84.2. The molecule has 14 aromatic rings. The standard InChI is InChI=1S/6C15H16N2.C14H14N2/c1-8-6-17-13-5-12-7-16-11(4)10(3)14(12)15(13)9(8)2;1-8-5-13-14(17-10(8)3)6-12-7-16-11(4)9(2)15(12)13;1-8-5-9(2)17-13-6-12-7-16-11(4)10(3)15(12)14(8)13;1-8-5-13-14(16-7-8)6-12-11(4)17-10(3)9(2)15(12)13;1-8-5-6-16-13-7-12-11(4)17-10(3)9(2)15(12)14(8)13;1-8-5-6-12-14(16-8)7-13-11(4)17-10(3)9(2)15(12)13;1-8-4-5-12-13(16-8)6-11-7-15-10(3)9(2)14(11)12/h6-7H,5H2,1-4H3;3*5,7H,6H2,1-4H3;2*5-6H,7H2,1-4H3;4-5,7H,6H2,1-3H3. The van der Waals surface area contributed by atoms with E-state index in [2.05, 4.69) is 286 Å². The lowest BCUT2D eigenvalue weighted by Crippen LogP contribution is -1.98. The highest BCUT2D eigenvalue weighted by Crippen LogP contribution is 2.47. The van der Waals surface area contributed by atoms with Gasteiger partial charge in [0.2, 0.25) is 0 Å². The van der Waals surface area contributed by atoms with Crippen LogP contribution in [0.3, 0.4) is 0 Å². The van der Waals surface area contributed by atoms with Crippen molar-refractivity contribution in [2.24, 2.45) is 0 Å². The monoisotopic (exact) mass is 1550 g/mol. The Hall–Kier alpha value is -11.9. The molecule has 0 amide bonds. The van der Waals surface area contributed by atoms with Gasteiger partial charge in [0.15, 0.2) is 0 Å². The lowest BCUT2D eigenvalue weighted by Gasteiger charge is -2.11. The fraction of sp³-hybridized carbons (Fsp3) is 0.327. The molecule has 14 aromatic heterocycles. The molecule has 0 saturated carbocycles. The summed E-state index contributed by atoms with van der Waals surface area (Å²) in [5, 5.41) is 0. The number of hydrogen-bond donors (Lipinski definition) is 0. The summed E-state index contributed by atoms with van der Waals surface area (Å²) in [7, 11) is 0. The minimum absolute atomic E-state index is 0.930. The summed E-state index contributed by atoms with van der Waals surface area (Å²) in [6.07, 6.45) is 20.4. The van der Waals surface area contributed by atoms with Gasteiger partial charge in [0.25, 0.3) is 0 Å². The average molecular weight is 1560 g/mol. The second-order valence-electron chi connectivity index (χ2n) is 34.0. The van der Waals surface area contributed by atoms with Gasteiger partial charge in [-0.2, -0.15) is 0 Å². The summed E-state index contributed by atoms with van der Waals surface area (Å²) in [4.78, 5) is 64.0. The number of pyridine rings is 14. The van der Waals surface area contributed by atoms with Gasteiger partial charge in [-0.1, -0.05) is 12.1 Å². The first-order valence-electron chi connectivity index (χ1n) is 41.6. The number of rotatable bonds is 0. The second kappa shape index (κ2) is 31.9. The first kappa shape index (κ1) is 81.3. The zero-order valence-electron chi connectivity index (χ0n) is 74.4. The smallest absolute Gasteiger partial charge is 0.0532 e. The van der Waals surface area contributed by atoms with Crippen LogP contribution < -0.4 is 0 Å². The van der Waals surface area contributed by atoms with Gasteiger partial charge in [0.1, 0.15) is 0 Å². The van der Waals surface area contributed by atoms with Crippen LogP contribution in [0.4, 0.5) is 0 Å². The van der Waals surface area contributed by atoms with E-state index in [4.69, 9.17) is 4.98 Å². The van der Waals surface area contributed by atoms with Crippen LogP contribution in [0.25, 0.3) is 77.9 Å². The van der Waals surface area contributed by atoms with E-state index in [-0.39, 0.29) is 0 Å². The van der Waals surface area contributed by atoms with Crippen LogP contribution in [0.1, 0.15) is 231 Å². The van der Waals surface area contributed by atoms with E-state index >= 15 is 0 Å². The maximum atomic E-state index is 4.71. The van der Waals surface area contributed by atoms with E-state index in [1.165, 1.54) is 229 Å². The third-order valence-corrected chi connectivity index (χ3v) is 26.1. The molecule has 0 atom stereocenters. The first-order valence-corrected chi connectivity index (χ1v) is 41.6. The van der Waals surface area contributed by atoms with E-state index < -0.39 is 0 Å². The van der Waals surface area contributed by atoms with Gasteiger partial charge in [-0.15, -0.1) is 0 Å². The Kier molecular flexibility index (Phi) is 21.9. The van der Waals surface area contributed by atoms with Crippen LogP contribution in [0.5, 0.6) is 0 Å². The van der Waals surface area contributed by atoms with Crippen molar-refractivity contribution in [3.63, 3.8) is 0 Å². The number of nitrogens with zero attached hydrogens (tertiary/aromatic N) is 14. The summed E-state index contributed by atoms with van der Waals surface area (Å²) in [5.74, 6) is 0. The average Bonchev–Trinajstić information content (AvgIpc) is 1.59. The largest absolute Gasteiger partial charge is 0.261 e. The van der Waals surface area contributed by atoms with Crippen LogP contribution in [-0.4, -0.2) is 69.8 Å². The fourth-order valence-electron chi connectivity index (χ4n) is 18.6. The molecule has 0 bridgehead atoms. The Morgan fingerprint density at radius 2 is 0.576 bits per heavy atom. The highest BCUT2D eigenvalue weighted by molar-refractivity contribution is 5.86. The lowest BCUT2D eigenvalue weighted by atomic mass is 9.96. The van der Waals surface area contributed by atoms with E-state index in [0.717, 1.165) is 125 Å². The fourth-order valence-corrected chi connectivity index (χ4v) is 18.6. The van der Waals surface area contributed by atoms with Gasteiger partial charge in [0.05, 0.1) is 39.9 Å². The molecule has 118 heavy (non-hydrogen) atoms. The van der Waals surface area contributed by atoms with Crippen LogP contribution >= 0.6 is 0 Å². The number of aromatic nitrogens is 14. The minimum atomic E-state index is 0.930. The maximum absolute atomic E-state index is 4.71. The molecule has 0 aromatic carbocycles. The molecule has 0 radical (unpaired) electrons. The number of aryl methyl sites for hydroxylation is 19. The summed E-state index contributed by atoms with van der Waals surface area (Å²) in [6, 6.07) is 17.4. The highest BCUT2D eigenvalue weighted by atomic mass is 14.8. The third-order valence-electron chi connectivity index (χ3n) is 26.1. The molecule has 0 aliphatic heterocycles. The van der Waals surface area contributed by atoms with Crippen LogP contribution in [0.15, 0.2) is 91.9 Å². The Bertz CT molecular complexity index is 6500. The molecule has 7 aliphatic rings. The first-order chi connectivity index (χ1) is 56.2. The molecule has 21 rings (SSSR count). The van der Waals surface area contributed by atoms with E-state index in [1.807, 2.05) is 57.2 Å². The van der Waals surface area contributed by atoms with Crippen molar-refractivity contribution in [1.29, 1.82) is 0 Å². The van der Waals surface area contributed by atoms with E-state index in [0.29, 0.717) is 0 Å². The van der Waals surface area contributed by atoms with Crippen LogP contribution in [-0.2, 0) is 44.9 Å². The van der Waals surface area contributed by atoms with Gasteiger partial charge in [-0.25, -0.2) is 0 Å². The predicted molar refractivity (Wildman–Crippen MR) is 480 cm³/mol. The SMILES string of the molecule is Cc1cc(C)c2c(n1)Cc1cnc(C)c(C)c1-2.Cc1cc2c(nc1C)Cc1cnc(C)c(C)c1-2.Cc1ccc2c(n1)Cc1c(C)nc(C)c(C)c1-2.Cc1ccc2c(n1)Cc1cnc(C)c(C)c1-2.Cc1ccnc2c1-c1c(C)c(C)nc(C)c1C2.Cc1cnc2c(c1)-c1c(C)c(C)nc(C)c1C2.Cc1cnc2c(c1C)-c1c(cnc(C)c1C)C2. The Morgan fingerprint density at radius 1 is 0.195 bits per heavy atom. The molecule has 0 spiro atoms. The van der Waals surface area contributed by atoms with Gasteiger partial charge < -0.3 is 0 Å². The molecule has 596 valence electrons. The quantitative estimate of drug-likeness (QED) is 0.140. The molecule has 14 heteroatoms. The summed E-state index contributed by atoms with van der Waals surface area (Å²) >= 11 is 0. The van der Waals surface area contributed by atoms with Crippen molar-refractivity contribution in [3.05, 3.63) is 323 Å². The van der Waals surface area contributed by atoms with E-state index in [9.17, 15) is 0 Å². The molecular formula is C104H110N14. The summed E-state index contributed by atoms with van der Waals surface area (Å²) < 4.78 is 0. The lowest BCUT2D eigenvalue weighted by molar-refractivity contribution is 1.02. The number of hydrogen-bond acceptors (Lipinski definition) is 14. The van der Waals surface area contributed by atoms with Gasteiger partial charge >= 0.3 is 0 Å². The van der Waals surface area contributed by atoms with Gasteiger partial charge in [-0.05, 0) is 374 Å². The van der Waals surface area contributed by atoms with Gasteiger partial charge in [0, 0.05) is 207 Å². The third kappa shape index (κ3) is 14.7. The van der Waals surface area contributed by atoms with Crippen molar-refractivity contribution in [2.45, 2.75) is 232 Å². The molecule has 7 aliphatic carbocycles. The van der Waals surface area contributed by atoms with Crippen molar-refractivity contribution >= 4 is 0 Å². The molecule has 0 N–H and O–H groups in total. The van der Waals surface area contributed by atoms with Crippen LogP contribution in [0, 0.1) is 187 Å². The van der Waals surface area contributed by atoms with Gasteiger partial charge in [-0.3, -0.25) is 69.8 Å². The highest BCUT2D eigenvalue weighted by Gasteiger charge is 2.32. The Morgan fingerprint density at radius 3 is 1.13 bits per heavy atom. The predicted octanol–water partition coefficient (Wildman–Crippen LogP) is 22.7. The Balaban J connectivity index is 0.000000108. The topological polar surface area (TPSA) is 180 Å². The Labute approximate surface area is 698 Å². The van der Waals surface area contributed by atoms with Crippen molar-refractivity contribution in [3.8, 4) is 77.9 Å². The summed E-state index contributed by atoms with van der Waals surface area (Å²) in [6.45, 7) is 57.1. The normalized spacial score (nSPS) is 12.5. The number of fused-ring (bicyclic) bond motifs is 21. The molecule has 0 unspecified atom stereocenters. The zero-order valence-corrected chi connectivity index (χ0v) is 74.4. The molecule has 0 saturated heterocycles. The maximum Gasteiger partial charge on any atom is 0.0532 e. The van der Waals surface area contributed by atoms with Crippen LogP contribution in [0.2, 0.25) is 0 Å². The van der Waals surface area contributed by atoms with Crippen molar-refractivity contribution in [2.75, 3.05) is 0 Å².